The molecule has 1 heterocycles. The molecule has 0 unspecified atom stereocenters. The minimum Gasteiger partial charge on any atom is -0.465 e. The number of para-hydroxylation sites is 1. The number of urea groups is 1. The number of hydrogen-bond acceptors (Lipinski definition) is 7. The highest BCUT2D eigenvalue weighted by atomic mass is 16.5. The second kappa shape index (κ2) is 8.21. The number of fused-ring (bicyclic) bond motifs is 1. The summed E-state index contributed by atoms with van der Waals surface area (Å²) < 4.78 is 14.5. The van der Waals surface area contributed by atoms with E-state index in [-0.39, 0.29) is 23.4 Å². The number of carbonyl (C=O) groups excluding carboxylic acids is 3. The summed E-state index contributed by atoms with van der Waals surface area (Å²) in [6, 6.07) is 10.8. The molecular weight excluding hydrogens is 366 g/mol. The average molecular weight is 383 g/mol. The largest absolute Gasteiger partial charge is 0.465 e. The second-order valence-electron chi connectivity index (χ2n) is 5.72. The first-order valence-corrected chi connectivity index (χ1v) is 8.21. The maximum absolute atomic E-state index is 12.2. The van der Waals surface area contributed by atoms with Crippen molar-refractivity contribution in [1.82, 2.24) is 10.5 Å². The fourth-order valence-electron chi connectivity index (χ4n) is 2.58. The maximum Gasteiger partial charge on any atom is 0.337 e. The summed E-state index contributed by atoms with van der Waals surface area (Å²) in [6.07, 6.45) is 0. The van der Waals surface area contributed by atoms with Crippen LogP contribution in [0, 0.1) is 0 Å². The quantitative estimate of drug-likeness (QED) is 0.650. The van der Waals surface area contributed by atoms with Crippen LogP contribution in [0.4, 0.5) is 10.5 Å². The molecule has 0 spiro atoms. The molecule has 3 rings (SSSR count). The molecule has 0 saturated heterocycles. The number of carbonyl (C=O) groups is 3. The van der Waals surface area contributed by atoms with Crippen molar-refractivity contribution in [2.45, 2.75) is 6.54 Å². The zero-order valence-electron chi connectivity index (χ0n) is 15.1. The van der Waals surface area contributed by atoms with Crippen molar-refractivity contribution in [2.75, 3.05) is 19.5 Å². The summed E-state index contributed by atoms with van der Waals surface area (Å²) in [5.74, 6) is -1.30. The minimum absolute atomic E-state index is 0.100. The molecule has 0 atom stereocenters. The van der Waals surface area contributed by atoms with Gasteiger partial charge in [-0.05, 0) is 30.3 Å². The SMILES string of the molecule is COC(=O)c1cc(NC(=O)NCc2noc3ccccc23)cc(C(=O)OC)c1. The lowest BCUT2D eigenvalue weighted by Crippen LogP contribution is -2.28. The maximum atomic E-state index is 12.2. The molecule has 0 saturated carbocycles. The third-order valence-corrected chi connectivity index (χ3v) is 3.90. The Hall–Kier alpha value is -3.88. The number of aromatic nitrogens is 1. The molecule has 1 aromatic heterocycles. The van der Waals surface area contributed by atoms with E-state index < -0.39 is 18.0 Å². The first kappa shape index (κ1) is 18.9. The Kier molecular flexibility index (Phi) is 5.54. The number of anilines is 1. The van der Waals surface area contributed by atoms with Gasteiger partial charge >= 0.3 is 18.0 Å². The van der Waals surface area contributed by atoms with Crippen molar-refractivity contribution >= 4 is 34.6 Å². The van der Waals surface area contributed by atoms with Crippen LogP contribution in [0.15, 0.2) is 47.0 Å². The van der Waals surface area contributed by atoms with Crippen molar-refractivity contribution in [3.8, 4) is 0 Å². The summed E-state index contributed by atoms with van der Waals surface area (Å²) in [4.78, 5) is 35.8. The van der Waals surface area contributed by atoms with Gasteiger partial charge in [0.05, 0.1) is 31.9 Å². The van der Waals surface area contributed by atoms with E-state index in [1.54, 1.807) is 6.07 Å². The Balaban J connectivity index is 1.73. The summed E-state index contributed by atoms with van der Waals surface area (Å²) in [5, 5.41) is 9.94. The van der Waals surface area contributed by atoms with Crippen molar-refractivity contribution < 1.29 is 28.4 Å². The van der Waals surface area contributed by atoms with Gasteiger partial charge in [-0.1, -0.05) is 17.3 Å². The predicted molar refractivity (Wildman–Crippen MR) is 99.0 cm³/mol. The molecule has 9 nitrogen and oxygen atoms in total. The lowest BCUT2D eigenvalue weighted by Gasteiger charge is -2.10. The number of ether oxygens (including phenoxy) is 2. The van der Waals surface area contributed by atoms with Gasteiger partial charge < -0.3 is 24.6 Å². The number of hydrogen-bond donors (Lipinski definition) is 2. The first-order valence-electron chi connectivity index (χ1n) is 8.21. The zero-order chi connectivity index (χ0) is 20.1. The number of rotatable bonds is 5. The Morgan fingerprint density at radius 2 is 1.64 bits per heavy atom. The van der Waals surface area contributed by atoms with Crippen molar-refractivity contribution in [1.29, 1.82) is 0 Å². The van der Waals surface area contributed by atoms with Crippen LogP contribution in [0.1, 0.15) is 26.4 Å². The van der Waals surface area contributed by atoms with E-state index >= 15 is 0 Å². The monoisotopic (exact) mass is 383 g/mol. The highest BCUT2D eigenvalue weighted by Crippen LogP contribution is 2.19. The average Bonchev–Trinajstić information content (AvgIpc) is 3.14. The van der Waals surface area contributed by atoms with Gasteiger partial charge in [0.2, 0.25) is 0 Å². The summed E-state index contributed by atoms with van der Waals surface area (Å²) in [7, 11) is 2.43. The lowest BCUT2D eigenvalue weighted by atomic mass is 10.1. The van der Waals surface area contributed by atoms with Crippen LogP contribution in [-0.2, 0) is 16.0 Å². The standard InChI is InChI=1S/C19H17N3O6/c1-26-17(23)11-7-12(18(24)27-2)9-13(8-11)21-19(25)20-10-15-14-5-3-4-6-16(14)28-22-15/h3-9H,10H2,1-2H3,(H2,20,21,25). The van der Waals surface area contributed by atoms with Crippen molar-refractivity contribution in [3.63, 3.8) is 0 Å². The molecule has 0 radical (unpaired) electrons. The molecule has 0 aliphatic carbocycles. The second-order valence-corrected chi connectivity index (χ2v) is 5.72. The van der Waals surface area contributed by atoms with E-state index in [1.807, 2.05) is 18.2 Å². The van der Waals surface area contributed by atoms with Crippen LogP contribution in [0.2, 0.25) is 0 Å². The third kappa shape index (κ3) is 4.09. The highest BCUT2D eigenvalue weighted by molar-refractivity contribution is 5.99. The van der Waals surface area contributed by atoms with E-state index in [0.29, 0.717) is 11.3 Å². The fraction of sp³-hybridized carbons (Fsp3) is 0.158. The van der Waals surface area contributed by atoms with Crippen molar-refractivity contribution in [2.24, 2.45) is 0 Å². The third-order valence-electron chi connectivity index (χ3n) is 3.90. The van der Waals surface area contributed by atoms with Crippen LogP contribution < -0.4 is 10.6 Å². The zero-order valence-corrected chi connectivity index (χ0v) is 15.1. The van der Waals surface area contributed by atoms with E-state index in [9.17, 15) is 14.4 Å². The highest BCUT2D eigenvalue weighted by Gasteiger charge is 2.15. The van der Waals surface area contributed by atoms with E-state index in [0.717, 1.165) is 5.39 Å². The van der Waals surface area contributed by atoms with Gasteiger partial charge in [-0.25, -0.2) is 14.4 Å². The number of methoxy groups -OCH3 is 2. The van der Waals surface area contributed by atoms with Crippen LogP contribution in [0.3, 0.4) is 0 Å². The Labute approximate surface area is 159 Å². The Morgan fingerprint density at radius 1 is 1.00 bits per heavy atom. The molecule has 144 valence electrons. The number of benzene rings is 2. The van der Waals surface area contributed by atoms with Crippen LogP contribution in [0.5, 0.6) is 0 Å². The van der Waals surface area contributed by atoms with Crippen molar-refractivity contribution in [3.05, 3.63) is 59.3 Å². The van der Waals surface area contributed by atoms with E-state index in [2.05, 4.69) is 25.3 Å². The molecule has 9 heteroatoms. The van der Waals surface area contributed by atoms with Crippen LogP contribution in [0.25, 0.3) is 11.0 Å². The normalized spacial score (nSPS) is 10.4. The Morgan fingerprint density at radius 3 is 2.29 bits per heavy atom. The fourth-order valence-corrected chi connectivity index (χ4v) is 2.58. The molecule has 2 aromatic carbocycles. The smallest absolute Gasteiger partial charge is 0.337 e. The number of esters is 2. The topological polar surface area (TPSA) is 120 Å². The molecular formula is C19H17N3O6. The number of nitrogens with zero attached hydrogens (tertiary/aromatic N) is 1. The van der Waals surface area contributed by atoms with E-state index in [1.165, 1.54) is 32.4 Å². The molecule has 2 amide bonds. The first-order chi connectivity index (χ1) is 13.5. The Bertz CT molecular complexity index is 1010. The van der Waals surface area contributed by atoms with Crippen LogP contribution >= 0.6 is 0 Å². The summed E-state index contributed by atoms with van der Waals surface area (Å²) in [5.41, 5.74) is 1.62. The summed E-state index contributed by atoms with van der Waals surface area (Å²) in [6.45, 7) is 0.128. The van der Waals surface area contributed by atoms with E-state index in [4.69, 9.17) is 4.52 Å². The number of amides is 2. The molecule has 0 bridgehead atoms. The molecule has 0 aliphatic heterocycles. The van der Waals surface area contributed by atoms with Gasteiger partial charge in [0.15, 0.2) is 5.58 Å². The van der Waals surface area contributed by atoms with Gasteiger partial charge in [-0.3, -0.25) is 0 Å². The molecule has 3 aromatic rings. The lowest BCUT2D eigenvalue weighted by molar-refractivity contribution is 0.0599. The molecule has 28 heavy (non-hydrogen) atoms. The van der Waals surface area contributed by atoms with Gasteiger partial charge in [0.1, 0.15) is 5.69 Å². The van der Waals surface area contributed by atoms with Crippen LogP contribution in [-0.4, -0.2) is 37.3 Å². The van der Waals surface area contributed by atoms with Gasteiger partial charge in [0, 0.05) is 11.1 Å². The molecule has 2 N–H and O–H groups in total. The van der Waals surface area contributed by atoms with Gasteiger partial charge in [0.25, 0.3) is 0 Å². The van der Waals surface area contributed by atoms with Gasteiger partial charge in [-0.15, -0.1) is 0 Å². The minimum atomic E-state index is -0.650. The molecule has 0 aliphatic rings. The number of nitrogens with one attached hydrogen (secondary N) is 2. The predicted octanol–water partition coefficient (Wildman–Crippen LogP) is 2.72. The van der Waals surface area contributed by atoms with Gasteiger partial charge in [-0.2, -0.15) is 0 Å². The summed E-state index contributed by atoms with van der Waals surface area (Å²) >= 11 is 0. The molecule has 0 fully saturated rings.